The molecule has 1 atom stereocenters. The molecular weight excluding hydrogens is 270 g/mol. The van der Waals surface area contributed by atoms with Crippen LogP contribution in [0.5, 0.6) is 0 Å². The van der Waals surface area contributed by atoms with Crippen molar-refractivity contribution in [1.29, 1.82) is 0 Å². The van der Waals surface area contributed by atoms with Crippen LogP contribution in [0.4, 0.5) is 5.69 Å². The normalized spacial score (nSPS) is 11.6. The van der Waals surface area contributed by atoms with Crippen LogP contribution < -0.4 is 16.0 Å². The first-order chi connectivity index (χ1) is 9.99. The molecule has 2 amide bonds. The van der Waals surface area contributed by atoms with Crippen LogP contribution in [0.15, 0.2) is 18.2 Å². The zero-order valence-corrected chi connectivity index (χ0v) is 12.9. The molecule has 0 spiro atoms. The Balaban J connectivity index is 2.68. The summed E-state index contributed by atoms with van der Waals surface area (Å²) in [5.41, 5.74) is 2.23. The molecule has 0 aliphatic rings. The Bertz CT molecular complexity index is 503. The summed E-state index contributed by atoms with van der Waals surface area (Å²) >= 11 is 0. The van der Waals surface area contributed by atoms with E-state index in [1.807, 2.05) is 19.1 Å². The van der Waals surface area contributed by atoms with E-state index >= 15 is 0 Å². The smallest absolute Gasteiger partial charge is 0.254 e. The van der Waals surface area contributed by atoms with Gasteiger partial charge in [-0.25, -0.2) is 0 Å². The first-order valence-electron chi connectivity index (χ1n) is 6.85. The maximum absolute atomic E-state index is 12.3. The largest absolute Gasteiger partial charge is 0.387 e. The van der Waals surface area contributed by atoms with Crippen LogP contribution in [0.3, 0.4) is 0 Å². The molecule has 0 saturated carbocycles. The number of hydrogen-bond donors (Lipinski definition) is 3. The number of nitrogens with one attached hydrogen (secondary N) is 3. The molecule has 6 nitrogen and oxygen atoms in total. The zero-order chi connectivity index (χ0) is 15.8. The minimum Gasteiger partial charge on any atom is -0.387 e. The molecule has 1 rings (SSSR count). The molecular formula is C15H23N3O3. The van der Waals surface area contributed by atoms with Crippen LogP contribution in [0.25, 0.3) is 0 Å². The van der Waals surface area contributed by atoms with Gasteiger partial charge in [0, 0.05) is 26.4 Å². The van der Waals surface area contributed by atoms with Crippen LogP contribution >= 0.6 is 0 Å². The summed E-state index contributed by atoms with van der Waals surface area (Å²) in [5.74, 6) is -0.517. The highest BCUT2D eigenvalue weighted by Crippen LogP contribution is 2.16. The number of ether oxygens (including phenoxy) is 1. The molecule has 0 aliphatic heterocycles. The highest BCUT2D eigenvalue weighted by atomic mass is 16.5. The number of rotatable bonds is 7. The third-order valence-electron chi connectivity index (χ3n) is 3.04. The lowest BCUT2D eigenvalue weighted by Gasteiger charge is -2.16. The minimum atomic E-state index is -0.612. The average molecular weight is 293 g/mol. The first-order valence-corrected chi connectivity index (χ1v) is 6.85. The number of amides is 2. The van der Waals surface area contributed by atoms with Crippen LogP contribution in [0.1, 0.15) is 22.8 Å². The summed E-state index contributed by atoms with van der Waals surface area (Å²) in [7, 11) is 3.32. The van der Waals surface area contributed by atoms with Crippen molar-refractivity contribution in [3.8, 4) is 0 Å². The maximum atomic E-state index is 12.3. The van der Waals surface area contributed by atoms with Crippen molar-refractivity contribution in [3.05, 3.63) is 29.3 Å². The molecule has 1 unspecified atom stereocenters. The fraction of sp³-hybridized carbons (Fsp3) is 0.467. The fourth-order valence-electron chi connectivity index (χ4n) is 1.83. The summed E-state index contributed by atoms with van der Waals surface area (Å²) in [4.78, 5) is 24.1. The third kappa shape index (κ3) is 5.07. The van der Waals surface area contributed by atoms with Crippen LogP contribution in [0, 0.1) is 6.92 Å². The Morgan fingerprint density at radius 2 is 2.05 bits per heavy atom. The van der Waals surface area contributed by atoms with Gasteiger partial charge in [0.25, 0.3) is 5.91 Å². The molecule has 1 aromatic rings. The van der Waals surface area contributed by atoms with Gasteiger partial charge in [-0.15, -0.1) is 0 Å². The molecule has 0 heterocycles. The number of anilines is 1. The number of aryl methyl sites for hydroxylation is 1. The van der Waals surface area contributed by atoms with Crippen molar-refractivity contribution in [2.45, 2.75) is 19.9 Å². The Labute approximate surface area is 125 Å². The molecule has 0 saturated heterocycles. The van der Waals surface area contributed by atoms with Crippen molar-refractivity contribution in [2.24, 2.45) is 0 Å². The highest BCUT2D eigenvalue weighted by molar-refractivity contribution is 6.01. The van der Waals surface area contributed by atoms with E-state index in [0.29, 0.717) is 18.7 Å². The fourth-order valence-corrected chi connectivity index (χ4v) is 1.83. The zero-order valence-electron chi connectivity index (χ0n) is 12.9. The van der Waals surface area contributed by atoms with Gasteiger partial charge in [0.1, 0.15) is 6.04 Å². The predicted octanol–water partition coefficient (Wildman–Crippen LogP) is 0.918. The van der Waals surface area contributed by atoms with Gasteiger partial charge in [0.15, 0.2) is 0 Å². The second-order valence-electron chi connectivity index (χ2n) is 4.78. The maximum Gasteiger partial charge on any atom is 0.254 e. The summed E-state index contributed by atoms with van der Waals surface area (Å²) < 4.78 is 4.86. The summed E-state index contributed by atoms with van der Waals surface area (Å²) in [6, 6.07) is 4.94. The van der Waals surface area contributed by atoms with Crippen molar-refractivity contribution in [2.75, 3.05) is 32.6 Å². The van der Waals surface area contributed by atoms with Gasteiger partial charge in [-0.1, -0.05) is 11.6 Å². The van der Waals surface area contributed by atoms with Crippen molar-refractivity contribution < 1.29 is 14.3 Å². The van der Waals surface area contributed by atoms with E-state index in [0.717, 1.165) is 11.3 Å². The lowest BCUT2D eigenvalue weighted by molar-refractivity contribution is -0.122. The van der Waals surface area contributed by atoms with Gasteiger partial charge in [-0.3, -0.25) is 9.59 Å². The van der Waals surface area contributed by atoms with Crippen LogP contribution in [-0.4, -0.2) is 45.2 Å². The second kappa shape index (κ2) is 8.26. The van der Waals surface area contributed by atoms with E-state index in [1.54, 1.807) is 27.1 Å². The van der Waals surface area contributed by atoms with Gasteiger partial charge >= 0.3 is 0 Å². The number of benzene rings is 1. The Morgan fingerprint density at radius 3 is 2.67 bits per heavy atom. The second-order valence-corrected chi connectivity index (χ2v) is 4.78. The standard InChI is InChI=1S/C15H23N3O3/c1-10-5-6-13(16-3)12(9-10)15(20)18-11(2)14(19)17-7-8-21-4/h5-6,9,11,16H,7-8H2,1-4H3,(H,17,19)(H,18,20). The SMILES string of the molecule is CNc1ccc(C)cc1C(=O)NC(C)C(=O)NCCOC. The highest BCUT2D eigenvalue weighted by Gasteiger charge is 2.18. The quantitative estimate of drug-likeness (QED) is 0.653. The Morgan fingerprint density at radius 1 is 1.33 bits per heavy atom. The van der Waals surface area contributed by atoms with E-state index in [9.17, 15) is 9.59 Å². The van der Waals surface area contributed by atoms with Crippen molar-refractivity contribution in [3.63, 3.8) is 0 Å². The lowest BCUT2D eigenvalue weighted by atomic mass is 10.1. The number of carbonyl (C=O) groups excluding carboxylic acids is 2. The Kier molecular flexibility index (Phi) is 6.68. The van der Waals surface area contributed by atoms with E-state index in [1.165, 1.54) is 0 Å². The number of methoxy groups -OCH3 is 1. The summed E-state index contributed by atoms with van der Waals surface area (Å²) in [6.07, 6.45) is 0. The molecule has 0 bridgehead atoms. The monoisotopic (exact) mass is 293 g/mol. The van der Waals surface area contributed by atoms with E-state index in [4.69, 9.17) is 4.74 Å². The van der Waals surface area contributed by atoms with Crippen molar-refractivity contribution >= 4 is 17.5 Å². The molecule has 1 aromatic carbocycles. The molecule has 0 aliphatic carbocycles. The number of hydrogen-bond acceptors (Lipinski definition) is 4. The lowest BCUT2D eigenvalue weighted by Crippen LogP contribution is -2.45. The van der Waals surface area contributed by atoms with Crippen LogP contribution in [-0.2, 0) is 9.53 Å². The van der Waals surface area contributed by atoms with Crippen molar-refractivity contribution in [1.82, 2.24) is 10.6 Å². The average Bonchev–Trinajstić information content (AvgIpc) is 2.47. The molecule has 0 radical (unpaired) electrons. The van der Waals surface area contributed by atoms with Gasteiger partial charge in [0.05, 0.1) is 12.2 Å². The number of carbonyl (C=O) groups is 2. The van der Waals surface area contributed by atoms with E-state index in [-0.39, 0.29) is 11.8 Å². The minimum absolute atomic E-state index is 0.237. The van der Waals surface area contributed by atoms with Crippen LogP contribution in [0.2, 0.25) is 0 Å². The first kappa shape index (κ1) is 17.0. The summed E-state index contributed by atoms with van der Waals surface area (Å²) in [6.45, 7) is 4.42. The summed E-state index contributed by atoms with van der Waals surface area (Å²) in [5, 5.41) is 8.35. The molecule has 0 aromatic heterocycles. The molecule has 21 heavy (non-hydrogen) atoms. The third-order valence-corrected chi connectivity index (χ3v) is 3.04. The predicted molar refractivity (Wildman–Crippen MR) is 82.5 cm³/mol. The molecule has 0 fully saturated rings. The molecule has 6 heteroatoms. The molecule has 3 N–H and O–H groups in total. The van der Waals surface area contributed by atoms with E-state index in [2.05, 4.69) is 16.0 Å². The topological polar surface area (TPSA) is 79.5 Å². The molecule has 116 valence electrons. The van der Waals surface area contributed by atoms with Gasteiger partial charge in [-0.05, 0) is 26.0 Å². The van der Waals surface area contributed by atoms with Gasteiger partial charge < -0.3 is 20.7 Å². The van der Waals surface area contributed by atoms with Gasteiger partial charge in [-0.2, -0.15) is 0 Å². The van der Waals surface area contributed by atoms with E-state index < -0.39 is 6.04 Å². The van der Waals surface area contributed by atoms with Gasteiger partial charge in [0.2, 0.25) is 5.91 Å². The Hall–Kier alpha value is -2.08.